The highest BCUT2D eigenvalue weighted by molar-refractivity contribution is 6.09. The zero-order valence-electron chi connectivity index (χ0n) is 16.3. The third kappa shape index (κ3) is 3.63. The fourth-order valence-electron chi connectivity index (χ4n) is 3.82. The van der Waals surface area contributed by atoms with Crippen molar-refractivity contribution in [2.75, 3.05) is 37.6 Å². The Morgan fingerprint density at radius 1 is 1.11 bits per heavy atom. The number of piperazine rings is 1. The first kappa shape index (κ1) is 19.2. The predicted molar refractivity (Wildman–Crippen MR) is 104 cm³/mol. The average Bonchev–Trinajstić information content (AvgIpc) is 2.92. The van der Waals surface area contributed by atoms with E-state index in [9.17, 15) is 14.4 Å². The molecule has 1 aromatic rings. The van der Waals surface area contributed by atoms with E-state index in [1.54, 1.807) is 4.90 Å². The van der Waals surface area contributed by atoms with Crippen LogP contribution in [0.15, 0.2) is 24.3 Å². The number of rotatable bonds is 5. The van der Waals surface area contributed by atoms with E-state index in [2.05, 4.69) is 35.3 Å². The molecule has 27 heavy (non-hydrogen) atoms. The molecule has 4 amide bonds. The topological polar surface area (TPSA) is 73.0 Å². The molecule has 0 aromatic heterocycles. The molecule has 0 atom stereocenters. The summed E-state index contributed by atoms with van der Waals surface area (Å²) in [6.45, 7) is 8.28. The van der Waals surface area contributed by atoms with E-state index >= 15 is 0 Å². The number of imide groups is 1. The van der Waals surface area contributed by atoms with Crippen molar-refractivity contribution < 1.29 is 14.4 Å². The van der Waals surface area contributed by atoms with E-state index in [0.717, 1.165) is 23.7 Å². The van der Waals surface area contributed by atoms with Gasteiger partial charge < -0.3 is 15.1 Å². The van der Waals surface area contributed by atoms with Crippen molar-refractivity contribution in [1.29, 1.82) is 0 Å². The molecule has 7 nitrogen and oxygen atoms in total. The molecule has 0 bridgehead atoms. The number of amides is 4. The minimum atomic E-state index is -0.860. The highest BCUT2D eigenvalue weighted by atomic mass is 16.2. The number of hydrogen-bond donors (Lipinski definition) is 1. The van der Waals surface area contributed by atoms with Crippen molar-refractivity contribution in [1.82, 2.24) is 15.1 Å². The van der Waals surface area contributed by atoms with Crippen molar-refractivity contribution in [3.63, 3.8) is 0 Å². The summed E-state index contributed by atoms with van der Waals surface area (Å²) in [6, 6.07) is 7.85. The van der Waals surface area contributed by atoms with Crippen molar-refractivity contribution in [2.24, 2.45) is 0 Å². The largest absolute Gasteiger partial charge is 0.368 e. The fourth-order valence-corrected chi connectivity index (χ4v) is 3.82. The van der Waals surface area contributed by atoms with Gasteiger partial charge in [0.15, 0.2) is 0 Å². The Morgan fingerprint density at radius 2 is 1.78 bits per heavy atom. The first-order valence-corrected chi connectivity index (χ1v) is 9.63. The van der Waals surface area contributed by atoms with Gasteiger partial charge in [-0.1, -0.05) is 26.0 Å². The number of carbonyl (C=O) groups is 3. The molecule has 0 radical (unpaired) electrons. The van der Waals surface area contributed by atoms with Crippen LogP contribution in [0.2, 0.25) is 0 Å². The third-order valence-corrected chi connectivity index (χ3v) is 5.75. The standard InChI is InChI=1S/C20H28N4O3/c1-4-20(5-2)18(26)24(19(27)21-20)14-17(25)23-11-9-22(10-12-23)16-8-6-7-15(3)13-16/h6-8,13H,4-5,9-12,14H2,1-3H3,(H,21,27). The summed E-state index contributed by atoms with van der Waals surface area (Å²) in [6.07, 6.45) is 1.04. The van der Waals surface area contributed by atoms with Crippen LogP contribution in [0.25, 0.3) is 0 Å². The number of aryl methyl sites for hydroxylation is 1. The van der Waals surface area contributed by atoms with Crippen LogP contribution < -0.4 is 10.2 Å². The Kier molecular flexibility index (Phi) is 5.39. The first-order valence-electron chi connectivity index (χ1n) is 9.63. The normalized spacial score (nSPS) is 19.4. The smallest absolute Gasteiger partial charge is 0.325 e. The summed E-state index contributed by atoms with van der Waals surface area (Å²) in [5.41, 5.74) is 1.51. The van der Waals surface area contributed by atoms with Crippen LogP contribution in [-0.4, -0.2) is 65.9 Å². The van der Waals surface area contributed by atoms with Crippen molar-refractivity contribution in [3.05, 3.63) is 29.8 Å². The molecule has 3 rings (SSSR count). The van der Waals surface area contributed by atoms with Gasteiger partial charge in [0, 0.05) is 31.9 Å². The highest BCUT2D eigenvalue weighted by Gasteiger charge is 2.49. The quantitative estimate of drug-likeness (QED) is 0.800. The van der Waals surface area contributed by atoms with Crippen molar-refractivity contribution in [2.45, 2.75) is 39.2 Å². The van der Waals surface area contributed by atoms with Crippen LogP contribution in [0.1, 0.15) is 32.3 Å². The Hall–Kier alpha value is -2.57. The second-order valence-corrected chi connectivity index (χ2v) is 7.32. The molecule has 0 aliphatic carbocycles. The highest BCUT2D eigenvalue weighted by Crippen LogP contribution is 2.25. The average molecular weight is 372 g/mol. The van der Waals surface area contributed by atoms with Crippen LogP contribution in [0.3, 0.4) is 0 Å². The van der Waals surface area contributed by atoms with Gasteiger partial charge in [-0.2, -0.15) is 0 Å². The summed E-state index contributed by atoms with van der Waals surface area (Å²) in [4.78, 5) is 42.6. The molecule has 2 aliphatic rings. The van der Waals surface area contributed by atoms with Crippen molar-refractivity contribution in [3.8, 4) is 0 Å². The van der Waals surface area contributed by atoms with E-state index in [4.69, 9.17) is 0 Å². The van der Waals surface area contributed by atoms with Crippen LogP contribution in [0, 0.1) is 6.92 Å². The lowest BCUT2D eigenvalue weighted by Gasteiger charge is -2.36. The zero-order chi connectivity index (χ0) is 19.6. The molecule has 1 aromatic carbocycles. The SMILES string of the molecule is CCC1(CC)NC(=O)N(CC(=O)N2CCN(c3cccc(C)c3)CC2)C1=O. The second-order valence-electron chi connectivity index (χ2n) is 7.32. The minimum absolute atomic E-state index is 0.176. The summed E-state index contributed by atoms with van der Waals surface area (Å²) < 4.78 is 0. The molecule has 2 aliphatic heterocycles. The maximum atomic E-state index is 12.7. The molecule has 0 unspecified atom stereocenters. The Balaban J connectivity index is 1.58. The maximum absolute atomic E-state index is 12.7. The lowest BCUT2D eigenvalue weighted by atomic mass is 9.93. The number of carbonyl (C=O) groups excluding carboxylic acids is 3. The first-order chi connectivity index (χ1) is 12.9. The van der Waals surface area contributed by atoms with Crippen LogP contribution in [-0.2, 0) is 9.59 Å². The van der Waals surface area contributed by atoms with Gasteiger partial charge in [0.2, 0.25) is 5.91 Å². The number of nitrogens with zero attached hydrogens (tertiary/aromatic N) is 3. The minimum Gasteiger partial charge on any atom is -0.368 e. The summed E-state index contributed by atoms with van der Waals surface area (Å²) in [7, 11) is 0. The molecule has 2 saturated heterocycles. The van der Waals surface area contributed by atoms with Gasteiger partial charge in [-0.3, -0.25) is 14.5 Å². The summed E-state index contributed by atoms with van der Waals surface area (Å²) >= 11 is 0. The van der Waals surface area contributed by atoms with Gasteiger partial charge in [-0.25, -0.2) is 4.79 Å². The molecule has 0 saturated carbocycles. The number of hydrogen-bond acceptors (Lipinski definition) is 4. The molecule has 0 spiro atoms. The van der Waals surface area contributed by atoms with Crippen LogP contribution in [0.5, 0.6) is 0 Å². The molecule has 1 N–H and O–H groups in total. The lowest BCUT2D eigenvalue weighted by Crippen LogP contribution is -2.52. The van der Waals surface area contributed by atoms with Gasteiger partial charge in [0.05, 0.1) is 0 Å². The molecule has 146 valence electrons. The zero-order valence-corrected chi connectivity index (χ0v) is 16.3. The van der Waals surface area contributed by atoms with Crippen LogP contribution >= 0.6 is 0 Å². The van der Waals surface area contributed by atoms with E-state index in [-0.39, 0.29) is 18.4 Å². The predicted octanol–water partition coefficient (Wildman–Crippen LogP) is 1.75. The van der Waals surface area contributed by atoms with Gasteiger partial charge in [-0.15, -0.1) is 0 Å². The third-order valence-electron chi connectivity index (χ3n) is 5.75. The van der Waals surface area contributed by atoms with Crippen molar-refractivity contribution >= 4 is 23.5 Å². The molecular weight excluding hydrogens is 344 g/mol. The number of urea groups is 1. The van der Waals surface area contributed by atoms with E-state index < -0.39 is 11.6 Å². The van der Waals surface area contributed by atoms with E-state index in [1.165, 1.54) is 5.56 Å². The lowest BCUT2D eigenvalue weighted by molar-refractivity contribution is -0.139. The Bertz CT molecular complexity index is 736. The number of nitrogens with one attached hydrogen (secondary N) is 1. The second kappa shape index (κ2) is 7.58. The van der Waals surface area contributed by atoms with Gasteiger partial charge >= 0.3 is 6.03 Å². The summed E-state index contributed by atoms with van der Waals surface area (Å²) in [5, 5.41) is 2.77. The fraction of sp³-hybridized carbons (Fsp3) is 0.550. The molecule has 7 heteroatoms. The number of anilines is 1. The van der Waals surface area contributed by atoms with Gasteiger partial charge in [-0.05, 0) is 37.5 Å². The monoisotopic (exact) mass is 372 g/mol. The Labute approximate surface area is 160 Å². The maximum Gasteiger partial charge on any atom is 0.325 e. The van der Waals surface area contributed by atoms with Gasteiger partial charge in [0.25, 0.3) is 5.91 Å². The van der Waals surface area contributed by atoms with Crippen LogP contribution in [0.4, 0.5) is 10.5 Å². The summed E-state index contributed by atoms with van der Waals surface area (Å²) in [5.74, 6) is -0.463. The van der Waals surface area contributed by atoms with Gasteiger partial charge in [0.1, 0.15) is 12.1 Å². The molecule has 2 heterocycles. The van der Waals surface area contributed by atoms with E-state index in [1.807, 2.05) is 19.9 Å². The van der Waals surface area contributed by atoms with E-state index in [0.29, 0.717) is 25.9 Å². The number of benzene rings is 1. The Morgan fingerprint density at radius 3 is 2.33 bits per heavy atom. The molecule has 2 fully saturated rings. The molecular formula is C20H28N4O3.